The molecule has 2 aliphatic rings. The summed E-state index contributed by atoms with van der Waals surface area (Å²) in [4.78, 5) is 46.7. The van der Waals surface area contributed by atoms with Crippen LogP contribution in [0.4, 0.5) is 0 Å². The van der Waals surface area contributed by atoms with Crippen molar-refractivity contribution in [3.8, 4) is 0 Å². The van der Waals surface area contributed by atoms with E-state index in [9.17, 15) is 29.4 Å². The number of ether oxygens (including phenoxy) is 6. The van der Waals surface area contributed by atoms with Gasteiger partial charge in [0.1, 0.15) is 12.7 Å². The molecular formula is C22H34O12. The maximum atomic E-state index is 11.8. The number of carbonyl (C=O) groups is 4. The quantitative estimate of drug-likeness (QED) is 0.332. The van der Waals surface area contributed by atoms with Crippen LogP contribution >= 0.6 is 0 Å². The van der Waals surface area contributed by atoms with E-state index in [4.69, 9.17) is 28.4 Å². The Labute approximate surface area is 197 Å². The Bertz CT molecular complexity index is 729. The molecule has 0 unspecified atom stereocenters. The Balaban J connectivity index is 2.23. The Morgan fingerprint density at radius 3 is 1.91 bits per heavy atom. The Kier molecular flexibility index (Phi) is 10.2. The molecule has 12 nitrogen and oxygen atoms in total. The predicted molar refractivity (Wildman–Crippen MR) is 112 cm³/mol. The van der Waals surface area contributed by atoms with Crippen LogP contribution in [0, 0.1) is 0 Å². The Morgan fingerprint density at radius 2 is 1.38 bits per heavy atom. The molecule has 0 aromatic heterocycles. The Morgan fingerprint density at radius 1 is 0.853 bits per heavy atom. The minimum Gasteiger partial charge on any atom is -0.463 e. The average Bonchev–Trinajstić information content (AvgIpc) is 2.72. The molecule has 0 aromatic carbocycles. The van der Waals surface area contributed by atoms with Crippen LogP contribution in [0.15, 0.2) is 0 Å². The first-order chi connectivity index (χ1) is 15.9. The summed E-state index contributed by atoms with van der Waals surface area (Å²) in [6.45, 7) is 4.24. The van der Waals surface area contributed by atoms with E-state index < -0.39 is 66.3 Å². The molecule has 2 N–H and O–H groups in total. The number of aliphatic hydroxyl groups excluding tert-OH is 1. The third-order valence-corrected chi connectivity index (χ3v) is 5.68. The minimum absolute atomic E-state index is 0.0136. The van der Waals surface area contributed by atoms with Gasteiger partial charge in [0.2, 0.25) is 0 Å². The molecule has 34 heavy (non-hydrogen) atoms. The molecule has 1 saturated heterocycles. The second-order valence-electron chi connectivity index (χ2n) is 8.64. The summed E-state index contributed by atoms with van der Waals surface area (Å²) in [6.07, 6.45) is -4.74. The van der Waals surface area contributed by atoms with Crippen LogP contribution in [0.2, 0.25) is 0 Å². The van der Waals surface area contributed by atoms with Gasteiger partial charge in [0.25, 0.3) is 0 Å². The molecule has 2 rings (SSSR count). The van der Waals surface area contributed by atoms with Crippen molar-refractivity contribution in [3.05, 3.63) is 0 Å². The molecule has 0 radical (unpaired) electrons. The van der Waals surface area contributed by atoms with E-state index in [0.29, 0.717) is 25.7 Å². The van der Waals surface area contributed by atoms with Gasteiger partial charge >= 0.3 is 23.9 Å². The number of esters is 4. The fourth-order valence-corrected chi connectivity index (χ4v) is 4.08. The molecule has 0 amide bonds. The molecule has 5 atom stereocenters. The Hall–Kier alpha value is -2.28. The number of hydrogen-bond donors (Lipinski definition) is 2. The molecule has 0 aromatic rings. The monoisotopic (exact) mass is 490 g/mol. The van der Waals surface area contributed by atoms with Gasteiger partial charge < -0.3 is 38.6 Å². The largest absolute Gasteiger partial charge is 0.463 e. The van der Waals surface area contributed by atoms with Crippen molar-refractivity contribution in [1.82, 2.24) is 0 Å². The molecule has 1 saturated carbocycles. The fourth-order valence-electron chi connectivity index (χ4n) is 4.08. The van der Waals surface area contributed by atoms with E-state index in [2.05, 4.69) is 0 Å². The molecular weight excluding hydrogens is 456 g/mol. The summed E-state index contributed by atoms with van der Waals surface area (Å²) in [5, 5.41) is 20.4. The van der Waals surface area contributed by atoms with Gasteiger partial charge in [-0.3, -0.25) is 19.2 Å². The van der Waals surface area contributed by atoms with Gasteiger partial charge in [-0.05, 0) is 32.1 Å². The average molecular weight is 491 g/mol. The number of aliphatic hydroxyl groups is 2. The zero-order chi connectivity index (χ0) is 25.5. The van der Waals surface area contributed by atoms with Crippen LogP contribution in [0.5, 0.6) is 0 Å². The van der Waals surface area contributed by atoms with Crippen LogP contribution in [0.25, 0.3) is 0 Å². The summed E-state index contributed by atoms with van der Waals surface area (Å²) < 4.78 is 32.6. The third kappa shape index (κ3) is 8.49. The molecule has 12 heteroatoms. The molecule has 1 aliphatic heterocycles. The van der Waals surface area contributed by atoms with Crippen molar-refractivity contribution in [2.75, 3.05) is 13.2 Å². The first-order valence-corrected chi connectivity index (χ1v) is 11.2. The lowest BCUT2D eigenvalue weighted by atomic mass is 9.81. The normalized spacial score (nSPS) is 33.5. The van der Waals surface area contributed by atoms with Gasteiger partial charge in [-0.15, -0.1) is 0 Å². The maximum Gasteiger partial charge on any atom is 0.303 e. The maximum absolute atomic E-state index is 11.8. The summed E-state index contributed by atoms with van der Waals surface area (Å²) in [6, 6.07) is 0. The zero-order valence-electron chi connectivity index (χ0n) is 19.9. The summed E-state index contributed by atoms with van der Waals surface area (Å²) >= 11 is 0. The second-order valence-corrected chi connectivity index (χ2v) is 8.64. The lowest BCUT2D eigenvalue weighted by Crippen LogP contribution is -2.63. The number of carbonyl (C=O) groups excluding carboxylic acids is 4. The summed E-state index contributed by atoms with van der Waals surface area (Å²) in [5.41, 5.74) is -1.03. The first kappa shape index (κ1) is 28.0. The van der Waals surface area contributed by atoms with Crippen molar-refractivity contribution in [1.29, 1.82) is 0 Å². The van der Waals surface area contributed by atoms with E-state index in [1.165, 1.54) is 6.92 Å². The lowest BCUT2D eigenvalue weighted by Gasteiger charge is -2.44. The molecule has 0 bridgehead atoms. The van der Waals surface area contributed by atoms with E-state index in [1.54, 1.807) is 0 Å². The van der Waals surface area contributed by atoms with Gasteiger partial charge in [-0.25, -0.2) is 0 Å². The first-order valence-electron chi connectivity index (χ1n) is 11.2. The van der Waals surface area contributed by atoms with E-state index in [1.807, 2.05) is 0 Å². The van der Waals surface area contributed by atoms with E-state index in [-0.39, 0.29) is 19.6 Å². The van der Waals surface area contributed by atoms with Gasteiger partial charge in [0, 0.05) is 27.7 Å². The number of rotatable bonds is 9. The molecule has 194 valence electrons. The van der Waals surface area contributed by atoms with Crippen molar-refractivity contribution in [3.63, 3.8) is 0 Å². The lowest BCUT2D eigenvalue weighted by molar-refractivity contribution is -0.309. The van der Waals surface area contributed by atoms with E-state index in [0.717, 1.165) is 20.8 Å². The van der Waals surface area contributed by atoms with Gasteiger partial charge in [0.15, 0.2) is 24.6 Å². The SMILES string of the molecule is CC(=O)OC[C@H]1O[C@@H](OCCC2(O)CCC(O)CC2)[C@H](OC(C)=O)[C@@H](OC(C)=O)[C@@H]1OC(C)=O. The molecule has 1 aliphatic carbocycles. The van der Waals surface area contributed by atoms with Crippen molar-refractivity contribution >= 4 is 23.9 Å². The number of hydrogen-bond acceptors (Lipinski definition) is 12. The topological polar surface area (TPSA) is 164 Å². The molecule has 0 spiro atoms. The van der Waals surface area contributed by atoms with Crippen LogP contribution in [-0.2, 0) is 47.6 Å². The van der Waals surface area contributed by atoms with Crippen LogP contribution in [0.3, 0.4) is 0 Å². The van der Waals surface area contributed by atoms with Gasteiger partial charge in [0.05, 0.1) is 18.3 Å². The standard InChI is InChI=1S/C22H34O12/c1-12(23)30-11-17-18(31-13(2)24)19(32-14(3)25)20(33-15(4)26)21(34-17)29-10-9-22(28)7-5-16(27)6-8-22/h16-21,27-28H,5-11H2,1-4H3/t16?,17-,18-,19+,20-,21-,22?/m1/s1. The highest BCUT2D eigenvalue weighted by molar-refractivity contribution is 5.68. The summed E-state index contributed by atoms with van der Waals surface area (Å²) in [7, 11) is 0. The van der Waals surface area contributed by atoms with Crippen molar-refractivity contribution < 1.29 is 57.8 Å². The smallest absolute Gasteiger partial charge is 0.303 e. The zero-order valence-corrected chi connectivity index (χ0v) is 19.9. The molecule has 2 fully saturated rings. The highest BCUT2D eigenvalue weighted by Gasteiger charge is 2.52. The minimum atomic E-state index is -1.31. The van der Waals surface area contributed by atoms with Crippen molar-refractivity contribution in [2.45, 2.75) is 102 Å². The highest BCUT2D eigenvalue weighted by atomic mass is 16.7. The van der Waals surface area contributed by atoms with Gasteiger partial charge in [-0.2, -0.15) is 0 Å². The fraction of sp³-hybridized carbons (Fsp3) is 0.818. The van der Waals surface area contributed by atoms with Gasteiger partial charge in [-0.1, -0.05) is 0 Å². The third-order valence-electron chi connectivity index (χ3n) is 5.68. The summed E-state index contributed by atoms with van der Waals surface area (Å²) in [5.74, 6) is -2.79. The van der Waals surface area contributed by atoms with Crippen molar-refractivity contribution in [2.24, 2.45) is 0 Å². The van der Waals surface area contributed by atoms with Crippen LogP contribution < -0.4 is 0 Å². The van der Waals surface area contributed by atoms with E-state index >= 15 is 0 Å². The highest BCUT2D eigenvalue weighted by Crippen LogP contribution is 2.33. The van der Waals surface area contributed by atoms with Crippen LogP contribution in [-0.4, -0.2) is 89.7 Å². The molecule has 1 heterocycles. The second kappa shape index (κ2) is 12.4. The predicted octanol–water partition coefficient (Wildman–Crippen LogP) is 0.142. The van der Waals surface area contributed by atoms with Crippen LogP contribution in [0.1, 0.15) is 59.8 Å².